The second-order valence-electron chi connectivity index (χ2n) is 8.66. The van der Waals surface area contributed by atoms with E-state index in [2.05, 4.69) is 41.6 Å². The zero-order chi connectivity index (χ0) is 21.4. The van der Waals surface area contributed by atoms with Gasteiger partial charge in [-0.05, 0) is 48.4 Å². The molecule has 1 saturated heterocycles. The van der Waals surface area contributed by atoms with Gasteiger partial charge in [0.2, 0.25) is 0 Å². The summed E-state index contributed by atoms with van der Waals surface area (Å²) in [6.45, 7) is 5.71. The van der Waals surface area contributed by atoms with E-state index in [1.54, 1.807) is 19.1 Å². The predicted molar refractivity (Wildman–Crippen MR) is 120 cm³/mol. The van der Waals surface area contributed by atoms with Gasteiger partial charge < -0.3 is 24.5 Å². The number of ether oxygens (including phenoxy) is 3. The molecule has 1 atom stereocenters. The summed E-state index contributed by atoms with van der Waals surface area (Å²) in [5, 5.41) is 2.34. The van der Waals surface area contributed by atoms with Crippen molar-refractivity contribution in [1.29, 1.82) is 0 Å². The lowest BCUT2D eigenvalue weighted by atomic mass is 9.92. The number of piperidine rings is 1. The van der Waals surface area contributed by atoms with Gasteiger partial charge in [-0.15, -0.1) is 0 Å². The Morgan fingerprint density at radius 2 is 1.87 bits per heavy atom. The molecule has 6 nitrogen and oxygen atoms in total. The quantitative estimate of drug-likeness (QED) is 0.776. The molecule has 0 bridgehead atoms. The smallest absolute Gasteiger partial charge is 0.191 e. The summed E-state index contributed by atoms with van der Waals surface area (Å²) < 4.78 is 17.8. The maximum Gasteiger partial charge on any atom is 0.191 e. The lowest BCUT2D eigenvalue weighted by Crippen LogP contribution is -3.14. The summed E-state index contributed by atoms with van der Waals surface area (Å²) in [6, 6.07) is 14.5. The van der Waals surface area contributed by atoms with Crippen molar-refractivity contribution in [2.24, 2.45) is 0 Å². The number of hydrogen-bond acceptors (Lipinski definition) is 5. The number of methoxy groups -OCH3 is 2. The Hall–Kier alpha value is -2.70. The Morgan fingerprint density at radius 1 is 1.10 bits per heavy atom. The van der Waals surface area contributed by atoms with Crippen LogP contribution in [0.5, 0.6) is 17.2 Å². The van der Waals surface area contributed by atoms with E-state index in [4.69, 9.17) is 14.2 Å². The van der Waals surface area contributed by atoms with Gasteiger partial charge in [0.25, 0.3) is 0 Å². The topological polar surface area (TPSA) is 47.4 Å². The number of quaternary nitrogens is 1. The molecule has 164 valence electrons. The number of nitrogens with zero attached hydrogens (tertiary/aromatic N) is 1. The number of nitrogens with one attached hydrogen (secondary N) is 2. The van der Waals surface area contributed by atoms with Crippen LogP contribution in [0.3, 0.4) is 0 Å². The number of rotatable bonds is 5. The highest BCUT2D eigenvalue weighted by molar-refractivity contribution is 5.68. The Labute approximate surface area is 184 Å². The number of likely N-dealkylation sites (tertiary alicyclic amines) is 1. The number of hydrazine groups is 1. The zero-order valence-electron chi connectivity index (χ0n) is 18.6. The van der Waals surface area contributed by atoms with Gasteiger partial charge in [0.15, 0.2) is 17.2 Å². The zero-order valence-corrected chi connectivity index (χ0v) is 18.6. The molecule has 31 heavy (non-hydrogen) atoms. The molecule has 3 aliphatic rings. The first-order valence-electron chi connectivity index (χ1n) is 11.3. The van der Waals surface area contributed by atoms with Crippen molar-refractivity contribution in [3.05, 3.63) is 59.7 Å². The Morgan fingerprint density at radius 3 is 2.55 bits per heavy atom. The van der Waals surface area contributed by atoms with Crippen molar-refractivity contribution in [3.8, 4) is 17.2 Å². The second kappa shape index (κ2) is 8.09. The molecule has 0 amide bonds. The van der Waals surface area contributed by atoms with Gasteiger partial charge in [0.05, 0.1) is 58.4 Å². The van der Waals surface area contributed by atoms with Crippen LogP contribution in [0.25, 0.3) is 5.70 Å². The van der Waals surface area contributed by atoms with Crippen LogP contribution in [0.1, 0.15) is 43.4 Å². The SMILES string of the molecule is CCC[NH+]1CCC2(CC1)Oc1c(OC)cccc1[C@@H]1C=C(c3ccc(OC)cc3)NN12. The minimum Gasteiger partial charge on any atom is -0.497 e. The minimum atomic E-state index is -0.381. The molecule has 3 heterocycles. The number of benzene rings is 2. The fraction of sp³-hybridized carbons (Fsp3) is 0.440. The second-order valence-corrected chi connectivity index (χ2v) is 8.66. The van der Waals surface area contributed by atoms with E-state index in [1.807, 2.05) is 24.3 Å². The van der Waals surface area contributed by atoms with Gasteiger partial charge in [-0.1, -0.05) is 19.1 Å². The van der Waals surface area contributed by atoms with Gasteiger partial charge in [-0.3, -0.25) is 0 Å². The third-order valence-corrected chi connectivity index (χ3v) is 6.87. The summed E-state index contributed by atoms with van der Waals surface area (Å²) in [5.74, 6) is 2.56. The molecular formula is C25H32N3O3+. The fourth-order valence-corrected chi connectivity index (χ4v) is 5.20. The largest absolute Gasteiger partial charge is 0.497 e. The van der Waals surface area contributed by atoms with E-state index in [-0.39, 0.29) is 11.8 Å². The highest BCUT2D eigenvalue weighted by Crippen LogP contribution is 2.50. The molecule has 0 saturated carbocycles. The molecule has 0 aromatic heterocycles. The highest BCUT2D eigenvalue weighted by atomic mass is 16.5. The van der Waals surface area contributed by atoms with Crippen LogP contribution in [0.2, 0.25) is 0 Å². The molecule has 5 rings (SSSR count). The molecule has 0 aliphatic carbocycles. The molecule has 2 aromatic rings. The van der Waals surface area contributed by atoms with Crippen molar-refractivity contribution in [2.45, 2.75) is 38.0 Å². The molecule has 6 heteroatoms. The highest BCUT2D eigenvalue weighted by Gasteiger charge is 2.53. The van der Waals surface area contributed by atoms with Gasteiger partial charge in [-0.25, -0.2) is 0 Å². The molecule has 2 aromatic carbocycles. The summed E-state index contributed by atoms with van der Waals surface area (Å²) in [5.41, 5.74) is 6.72. The van der Waals surface area contributed by atoms with Crippen molar-refractivity contribution in [1.82, 2.24) is 10.4 Å². The summed E-state index contributed by atoms with van der Waals surface area (Å²) in [6.07, 6.45) is 5.49. The van der Waals surface area contributed by atoms with Gasteiger partial charge in [0, 0.05) is 5.56 Å². The van der Waals surface area contributed by atoms with E-state index < -0.39 is 0 Å². The van der Waals surface area contributed by atoms with E-state index >= 15 is 0 Å². The van der Waals surface area contributed by atoms with Gasteiger partial charge in [0.1, 0.15) is 5.75 Å². The molecule has 0 unspecified atom stereocenters. The van der Waals surface area contributed by atoms with Crippen LogP contribution in [0.15, 0.2) is 48.5 Å². The number of hydrogen-bond donors (Lipinski definition) is 2. The molecule has 0 radical (unpaired) electrons. The van der Waals surface area contributed by atoms with Crippen LogP contribution in [0.4, 0.5) is 0 Å². The first-order valence-corrected chi connectivity index (χ1v) is 11.3. The van der Waals surface area contributed by atoms with Crippen molar-refractivity contribution in [3.63, 3.8) is 0 Å². The molecular weight excluding hydrogens is 390 g/mol. The van der Waals surface area contributed by atoms with Crippen molar-refractivity contribution < 1.29 is 19.1 Å². The first kappa shape index (κ1) is 20.2. The molecule has 2 N–H and O–H groups in total. The minimum absolute atomic E-state index is 0.101. The lowest BCUT2D eigenvalue weighted by molar-refractivity contribution is -0.908. The monoisotopic (exact) mass is 422 g/mol. The third kappa shape index (κ3) is 3.44. The van der Waals surface area contributed by atoms with Gasteiger partial charge in [-0.2, -0.15) is 5.01 Å². The third-order valence-electron chi connectivity index (χ3n) is 6.87. The summed E-state index contributed by atoms with van der Waals surface area (Å²) >= 11 is 0. The first-order chi connectivity index (χ1) is 15.2. The van der Waals surface area contributed by atoms with E-state index in [9.17, 15) is 0 Å². The normalized spacial score (nSPS) is 27.0. The average molecular weight is 423 g/mol. The van der Waals surface area contributed by atoms with E-state index in [0.717, 1.165) is 60.0 Å². The fourth-order valence-electron chi connectivity index (χ4n) is 5.20. The standard InChI is InChI=1S/C25H31N3O3/c1-4-14-27-15-12-25(13-16-27)28-22(20-6-5-7-23(30-3)24(20)31-25)17-21(26-28)18-8-10-19(29-2)11-9-18/h5-11,17,22,26H,4,12-16H2,1-3H3/p+1/t22-/m0/s1. The average Bonchev–Trinajstić information content (AvgIpc) is 3.27. The van der Waals surface area contributed by atoms with Crippen molar-refractivity contribution in [2.75, 3.05) is 33.9 Å². The number of fused-ring (bicyclic) bond motifs is 4. The Kier molecular flexibility index (Phi) is 5.28. The van der Waals surface area contributed by atoms with E-state index in [0.29, 0.717) is 0 Å². The van der Waals surface area contributed by atoms with Crippen LogP contribution >= 0.6 is 0 Å². The predicted octanol–water partition coefficient (Wildman–Crippen LogP) is 2.78. The van der Waals surface area contributed by atoms with Crippen molar-refractivity contribution >= 4 is 5.70 Å². The molecule has 1 spiro atoms. The summed E-state index contributed by atoms with van der Waals surface area (Å²) in [4.78, 5) is 1.67. The molecule has 3 aliphatic heterocycles. The van der Waals surface area contributed by atoms with Gasteiger partial charge >= 0.3 is 0 Å². The van der Waals surface area contributed by atoms with Crippen LogP contribution < -0.4 is 24.5 Å². The van der Waals surface area contributed by atoms with Crippen LogP contribution in [-0.2, 0) is 0 Å². The van der Waals surface area contributed by atoms with Crippen LogP contribution in [-0.4, -0.2) is 44.6 Å². The van der Waals surface area contributed by atoms with Crippen LogP contribution in [0, 0.1) is 0 Å². The Balaban J connectivity index is 1.52. The maximum atomic E-state index is 6.82. The van der Waals surface area contributed by atoms with E-state index in [1.165, 1.54) is 13.0 Å². The molecule has 1 fully saturated rings. The Bertz CT molecular complexity index is 964. The number of para-hydroxylation sites is 1. The summed E-state index contributed by atoms with van der Waals surface area (Å²) in [7, 11) is 3.41. The maximum absolute atomic E-state index is 6.82. The lowest BCUT2D eigenvalue weighted by Gasteiger charge is -2.50.